The van der Waals surface area contributed by atoms with Gasteiger partial charge in [-0.05, 0) is 31.6 Å². The quantitative estimate of drug-likeness (QED) is 0.901. The summed E-state index contributed by atoms with van der Waals surface area (Å²) in [6, 6.07) is 5.79. The maximum Gasteiger partial charge on any atom is 0.268 e. The molecule has 21 heavy (non-hydrogen) atoms. The van der Waals surface area contributed by atoms with Crippen molar-refractivity contribution in [1.29, 1.82) is 0 Å². The van der Waals surface area contributed by atoms with Gasteiger partial charge in [0.15, 0.2) is 0 Å². The second-order valence-electron chi connectivity index (χ2n) is 4.93. The lowest BCUT2D eigenvalue weighted by Crippen LogP contribution is -2.34. The van der Waals surface area contributed by atoms with E-state index in [2.05, 4.69) is 16.3 Å². The average molecular weight is 346 g/mol. The van der Waals surface area contributed by atoms with E-state index in [1.54, 1.807) is 29.0 Å². The maximum atomic E-state index is 12.3. The van der Waals surface area contributed by atoms with Gasteiger partial charge >= 0.3 is 0 Å². The van der Waals surface area contributed by atoms with Gasteiger partial charge in [0.1, 0.15) is 10.8 Å². The zero-order chi connectivity index (χ0) is 15.6. The fourth-order valence-corrected chi connectivity index (χ4v) is 3.36. The van der Waals surface area contributed by atoms with Crippen LogP contribution in [0.15, 0.2) is 23.6 Å². The van der Waals surface area contributed by atoms with Crippen molar-refractivity contribution in [1.82, 2.24) is 14.8 Å². The van der Waals surface area contributed by atoms with Crippen LogP contribution in [0.25, 0.3) is 0 Å². The van der Waals surface area contributed by atoms with E-state index in [1.165, 1.54) is 4.88 Å². The van der Waals surface area contributed by atoms with E-state index in [-0.39, 0.29) is 11.9 Å². The summed E-state index contributed by atoms with van der Waals surface area (Å²) < 4.78 is 1.58. The molecule has 1 amide bonds. The summed E-state index contributed by atoms with van der Waals surface area (Å²) in [5, 5.41) is 5.72. The first-order valence-corrected chi connectivity index (χ1v) is 8.04. The van der Waals surface area contributed by atoms with Crippen LogP contribution < -0.4 is 5.32 Å². The fourth-order valence-electron chi connectivity index (χ4n) is 2.06. The molecule has 0 aliphatic carbocycles. The van der Waals surface area contributed by atoms with Crippen molar-refractivity contribution in [3.63, 3.8) is 0 Å². The minimum absolute atomic E-state index is 0.139. The fraction of sp³-hybridized carbons (Fsp3) is 0.357. The van der Waals surface area contributed by atoms with Gasteiger partial charge < -0.3 is 14.8 Å². The number of rotatable bonds is 5. The molecule has 114 valence electrons. The third-order valence-corrected chi connectivity index (χ3v) is 5.12. The van der Waals surface area contributed by atoms with Gasteiger partial charge in [-0.3, -0.25) is 4.79 Å². The Kier molecular flexibility index (Phi) is 5.32. The Labute approximate surface area is 138 Å². The summed E-state index contributed by atoms with van der Waals surface area (Å²) >= 11 is 13.6. The predicted octanol–water partition coefficient (Wildman–Crippen LogP) is 3.43. The molecule has 0 bridgehead atoms. The monoisotopic (exact) mass is 345 g/mol. The highest BCUT2D eigenvalue weighted by Crippen LogP contribution is 2.26. The molecule has 0 unspecified atom stereocenters. The van der Waals surface area contributed by atoms with Crippen molar-refractivity contribution < 1.29 is 4.79 Å². The summed E-state index contributed by atoms with van der Waals surface area (Å²) in [4.78, 5) is 15.6. The molecule has 0 saturated carbocycles. The number of halogens is 2. The van der Waals surface area contributed by atoms with Gasteiger partial charge in [0.2, 0.25) is 0 Å². The minimum atomic E-state index is -0.185. The van der Waals surface area contributed by atoms with Crippen molar-refractivity contribution in [3.8, 4) is 0 Å². The Hall–Kier alpha value is -1.01. The van der Waals surface area contributed by atoms with E-state index >= 15 is 0 Å². The lowest BCUT2D eigenvalue weighted by atomic mass is 10.2. The van der Waals surface area contributed by atoms with Gasteiger partial charge in [-0.1, -0.05) is 29.3 Å². The molecule has 0 spiro atoms. The molecule has 2 aromatic rings. The van der Waals surface area contributed by atoms with Crippen molar-refractivity contribution in [2.45, 2.75) is 6.04 Å². The second kappa shape index (κ2) is 6.83. The molecular formula is C14H17Cl2N3OS. The summed E-state index contributed by atoms with van der Waals surface area (Å²) in [6.45, 7) is 0.521. The van der Waals surface area contributed by atoms with Crippen LogP contribution in [0.3, 0.4) is 0 Å². The normalized spacial score (nSPS) is 12.7. The first-order valence-electron chi connectivity index (χ1n) is 6.40. The lowest BCUT2D eigenvalue weighted by molar-refractivity contribution is 0.0934. The molecule has 4 nitrogen and oxygen atoms in total. The number of carbonyl (C=O) groups is 1. The van der Waals surface area contributed by atoms with E-state index in [1.807, 2.05) is 25.5 Å². The molecule has 0 aromatic carbocycles. The number of carbonyl (C=O) groups excluding carboxylic acids is 1. The predicted molar refractivity (Wildman–Crippen MR) is 88.5 cm³/mol. The second-order valence-corrected chi connectivity index (χ2v) is 6.68. The van der Waals surface area contributed by atoms with Crippen LogP contribution in [0.4, 0.5) is 0 Å². The highest BCUT2D eigenvalue weighted by Gasteiger charge is 2.19. The zero-order valence-electron chi connectivity index (χ0n) is 12.1. The largest absolute Gasteiger partial charge is 0.349 e. The van der Waals surface area contributed by atoms with E-state index < -0.39 is 0 Å². The highest BCUT2D eigenvalue weighted by atomic mass is 35.5. The number of likely N-dealkylation sites (N-methyl/N-ethyl adjacent to an activating group) is 1. The van der Waals surface area contributed by atoms with Crippen molar-refractivity contribution in [3.05, 3.63) is 44.3 Å². The number of hydrogen-bond donors (Lipinski definition) is 1. The minimum Gasteiger partial charge on any atom is -0.349 e. The molecule has 2 rings (SSSR count). The van der Waals surface area contributed by atoms with Gasteiger partial charge in [0.25, 0.3) is 5.91 Å². The van der Waals surface area contributed by atoms with Crippen LogP contribution in [0.2, 0.25) is 10.2 Å². The topological polar surface area (TPSA) is 37.3 Å². The molecule has 2 aromatic heterocycles. The summed E-state index contributed by atoms with van der Waals surface area (Å²) in [6.07, 6.45) is 0. The number of aromatic nitrogens is 1. The molecule has 2 heterocycles. The molecule has 0 aliphatic heterocycles. The molecule has 0 fully saturated rings. The Morgan fingerprint density at radius 2 is 2.19 bits per heavy atom. The van der Waals surface area contributed by atoms with Gasteiger partial charge in [-0.25, -0.2) is 0 Å². The van der Waals surface area contributed by atoms with Crippen LogP contribution in [-0.2, 0) is 7.05 Å². The number of amides is 1. The van der Waals surface area contributed by atoms with Gasteiger partial charge in [0, 0.05) is 18.5 Å². The molecule has 1 N–H and O–H groups in total. The molecule has 1 atom stereocenters. The molecule has 0 radical (unpaired) electrons. The number of thiophene rings is 1. The summed E-state index contributed by atoms with van der Waals surface area (Å²) in [5.74, 6) is -0.185. The zero-order valence-corrected chi connectivity index (χ0v) is 14.4. The van der Waals surface area contributed by atoms with Gasteiger partial charge in [-0.2, -0.15) is 0 Å². The summed E-state index contributed by atoms with van der Waals surface area (Å²) in [5.41, 5.74) is 0.452. The van der Waals surface area contributed by atoms with E-state index in [9.17, 15) is 4.79 Å². The van der Waals surface area contributed by atoms with E-state index in [0.29, 0.717) is 22.4 Å². The number of hydrogen-bond acceptors (Lipinski definition) is 3. The highest BCUT2D eigenvalue weighted by molar-refractivity contribution is 7.10. The third-order valence-electron chi connectivity index (χ3n) is 3.30. The lowest BCUT2D eigenvalue weighted by Gasteiger charge is -2.23. The maximum absolute atomic E-state index is 12.3. The number of nitrogens with zero attached hydrogens (tertiary/aromatic N) is 2. The van der Waals surface area contributed by atoms with E-state index in [4.69, 9.17) is 23.2 Å². The van der Waals surface area contributed by atoms with Crippen molar-refractivity contribution in [2.75, 3.05) is 20.6 Å². The molecular weight excluding hydrogens is 329 g/mol. The Bertz CT molecular complexity index is 622. The first-order chi connectivity index (χ1) is 9.91. The van der Waals surface area contributed by atoms with Crippen LogP contribution >= 0.6 is 34.5 Å². The first kappa shape index (κ1) is 16.4. The standard InChI is InChI=1S/C14H17Cl2N3OS/c1-18(2)11(12-5-4-6-21-12)8-17-14(20)10-7-9(15)13(16)19(10)3/h4-7,11H,8H2,1-3H3,(H,17,20)/t11-/m0/s1. The third kappa shape index (κ3) is 3.61. The van der Waals surface area contributed by atoms with Crippen molar-refractivity contribution in [2.24, 2.45) is 7.05 Å². The van der Waals surface area contributed by atoms with E-state index in [0.717, 1.165) is 0 Å². The van der Waals surface area contributed by atoms with Gasteiger partial charge in [0.05, 0.1) is 11.1 Å². The Balaban J connectivity index is 2.07. The van der Waals surface area contributed by atoms with Crippen LogP contribution in [-0.4, -0.2) is 36.0 Å². The SMILES string of the molecule is CN(C)[C@@H](CNC(=O)c1cc(Cl)c(Cl)n1C)c1cccs1. The molecule has 0 aliphatic rings. The van der Waals surface area contributed by atoms with Crippen molar-refractivity contribution >= 4 is 40.4 Å². The molecule has 7 heteroatoms. The Morgan fingerprint density at radius 1 is 1.48 bits per heavy atom. The van der Waals surface area contributed by atoms with Crippen LogP contribution in [0.5, 0.6) is 0 Å². The smallest absolute Gasteiger partial charge is 0.268 e. The van der Waals surface area contributed by atoms with Crippen LogP contribution in [0, 0.1) is 0 Å². The molecule has 0 saturated heterocycles. The van der Waals surface area contributed by atoms with Crippen LogP contribution in [0.1, 0.15) is 21.4 Å². The average Bonchev–Trinajstić information content (AvgIpc) is 3.03. The number of nitrogens with one attached hydrogen (secondary N) is 1. The summed E-state index contributed by atoms with van der Waals surface area (Å²) in [7, 11) is 5.70. The van der Waals surface area contributed by atoms with Gasteiger partial charge in [-0.15, -0.1) is 11.3 Å². The Morgan fingerprint density at radius 3 is 2.67 bits per heavy atom.